The maximum atomic E-state index is 12.9. The number of thioether (sulfide) groups is 1. The Bertz CT molecular complexity index is 1120. The van der Waals surface area contributed by atoms with E-state index in [-0.39, 0.29) is 28.7 Å². The molecule has 1 amide bonds. The lowest BCUT2D eigenvalue weighted by Gasteiger charge is -2.42. The number of amides is 1. The zero-order valence-corrected chi connectivity index (χ0v) is 20.3. The Labute approximate surface area is 199 Å². The molecular weight excluding hydrogens is 456 g/mol. The molecule has 5 atom stereocenters. The van der Waals surface area contributed by atoms with E-state index in [2.05, 4.69) is 23.5 Å². The first-order valence-corrected chi connectivity index (χ1v) is 14.7. The topological polar surface area (TPSA) is 93.5 Å². The maximum Gasteiger partial charge on any atom is 0.238 e. The summed E-state index contributed by atoms with van der Waals surface area (Å²) in [6.45, 7) is 0.879. The third kappa shape index (κ3) is 3.40. The van der Waals surface area contributed by atoms with Crippen molar-refractivity contribution in [1.82, 2.24) is 10.2 Å². The van der Waals surface area contributed by atoms with Crippen LogP contribution in [0.4, 0.5) is 5.69 Å². The van der Waals surface area contributed by atoms with Crippen molar-refractivity contribution in [2.24, 2.45) is 11.8 Å². The molecule has 6 aliphatic rings. The van der Waals surface area contributed by atoms with Crippen LogP contribution in [0.1, 0.15) is 44.1 Å². The first-order chi connectivity index (χ1) is 15.8. The predicted molar refractivity (Wildman–Crippen MR) is 128 cm³/mol. The second kappa shape index (κ2) is 7.62. The Morgan fingerprint density at radius 2 is 2.06 bits per heavy atom. The highest BCUT2D eigenvalue weighted by molar-refractivity contribution is 7.99. The van der Waals surface area contributed by atoms with Crippen LogP contribution in [0.2, 0.25) is 0 Å². The van der Waals surface area contributed by atoms with Crippen molar-refractivity contribution in [2.45, 2.75) is 55.5 Å². The van der Waals surface area contributed by atoms with E-state index in [1.54, 1.807) is 21.0 Å². The van der Waals surface area contributed by atoms with Gasteiger partial charge < -0.3 is 10.2 Å². The monoisotopic (exact) mass is 486 g/mol. The molecule has 4 bridgehead atoms. The molecule has 1 aromatic carbocycles. The molecular formula is C24H30N4O3S2. The highest BCUT2D eigenvalue weighted by atomic mass is 32.2. The molecule has 0 radical (unpaired) electrons. The normalized spacial score (nSPS) is 38.2. The Balaban J connectivity index is 1.19. The van der Waals surface area contributed by atoms with Crippen LogP contribution in [0.25, 0.3) is 0 Å². The SMILES string of the molecule is N#C[C@@H]1CSCN1C(=O)CNC12CC3CC1CC(c1ccc(N4CCCS4(=O)=O)cc1)(C3)C2. The minimum absolute atomic E-state index is 0.00451. The van der Waals surface area contributed by atoms with Crippen molar-refractivity contribution in [1.29, 1.82) is 5.26 Å². The van der Waals surface area contributed by atoms with Crippen LogP contribution in [0.15, 0.2) is 24.3 Å². The number of nitriles is 1. The van der Waals surface area contributed by atoms with E-state index in [9.17, 15) is 18.5 Å². The van der Waals surface area contributed by atoms with Gasteiger partial charge in [-0.25, -0.2) is 8.42 Å². The lowest BCUT2D eigenvalue weighted by molar-refractivity contribution is -0.130. The van der Waals surface area contributed by atoms with Gasteiger partial charge in [0.1, 0.15) is 6.04 Å². The fourth-order valence-corrected chi connectivity index (χ4v) is 10.2. The van der Waals surface area contributed by atoms with Crippen molar-refractivity contribution >= 4 is 33.4 Å². The van der Waals surface area contributed by atoms with Gasteiger partial charge >= 0.3 is 0 Å². The second-order valence-corrected chi connectivity index (χ2v) is 13.7. The van der Waals surface area contributed by atoms with Crippen molar-refractivity contribution in [3.8, 4) is 6.07 Å². The molecule has 2 heterocycles. The van der Waals surface area contributed by atoms with Crippen LogP contribution in [-0.2, 0) is 20.2 Å². The highest BCUT2D eigenvalue weighted by Gasteiger charge is 2.64. The third-order valence-electron chi connectivity index (χ3n) is 8.83. The summed E-state index contributed by atoms with van der Waals surface area (Å²) in [5.74, 6) is 2.84. The van der Waals surface area contributed by atoms with Crippen LogP contribution in [0, 0.1) is 23.2 Å². The van der Waals surface area contributed by atoms with Crippen molar-refractivity contribution in [3.05, 3.63) is 29.8 Å². The fraction of sp³-hybridized carbons (Fsp3) is 0.667. The summed E-state index contributed by atoms with van der Waals surface area (Å²) in [7, 11) is -3.16. The van der Waals surface area contributed by atoms with E-state index in [4.69, 9.17) is 0 Å². The Morgan fingerprint density at radius 1 is 1.24 bits per heavy atom. The zero-order valence-electron chi connectivity index (χ0n) is 18.7. The van der Waals surface area contributed by atoms with Crippen LogP contribution in [-0.4, -0.2) is 61.3 Å². The minimum atomic E-state index is -3.16. The van der Waals surface area contributed by atoms with Crippen molar-refractivity contribution in [3.63, 3.8) is 0 Å². The summed E-state index contributed by atoms with van der Waals surface area (Å²) in [6, 6.07) is 10.2. The van der Waals surface area contributed by atoms with E-state index >= 15 is 0 Å². The molecule has 1 aromatic rings. The van der Waals surface area contributed by atoms with Gasteiger partial charge in [0.05, 0.1) is 29.9 Å². The van der Waals surface area contributed by atoms with Crippen LogP contribution in [0.5, 0.6) is 0 Å². The second-order valence-electron chi connectivity index (χ2n) is 10.7. The van der Waals surface area contributed by atoms with Gasteiger partial charge in [-0.1, -0.05) is 12.1 Å². The average Bonchev–Trinajstić information content (AvgIpc) is 3.52. The summed E-state index contributed by atoms with van der Waals surface area (Å²) in [4.78, 5) is 14.6. The molecule has 6 fully saturated rings. The molecule has 1 N–H and O–H groups in total. The van der Waals surface area contributed by atoms with Crippen molar-refractivity contribution in [2.75, 3.05) is 34.8 Å². The molecule has 2 aliphatic heterocycles. The standard InChI is InChI=1S/C24H30N4O3S2/c25-12-21-14-32-16-27(21)22(29)13-26-24-10-17-8-19(24)11-23(9-17,15-24)18-2-4-20(5-3-18)28-6-1-7-33(28,30)31/h2-5,17,19,21,26H,1,6-11,13-16H2/t17?,19?,21-,23?,24?/m1/s1. The summed E-state index contributed by atoms with van der Waals surface area (Å²) >= 11 is 1.65. The van der Waals surface area contributed by atoms with E-state index in [0.29, 0.717) is 43.0 Å². The van der Waals surface area contributed by atoms with Crippen molar-refractivity contribution < 1.29 is 13.2 Å². The van der Waals surface area contributed by atoms with Crippen LogP contribution >= 0.6 is 11.8 Å². The summed E-state index contributed by atoms with van der Waals surface area (Å²) in [5, 5.41) is 13.0. The number of carbonyl (C=O) groups is 1. The number of anilines is 1. The first-order valence-electron chi connectivity index (χ1n) is 12.0. The van der Waals surface area contributed by atoms with E-state index in [0.717, 1.165) is 24.9 Å². The molecule has 4 saturated carbocycles. The number of hydrogen-bond donors (Lipinski definition) is 1. The third-order valence-corrected chi connectivity index (χ3v) is 11.7. The van der Waals surface area contributed by atoms with E-state index in [1.165, 1.54) is 18.4 Å². The number of benzene rings is 1. The molecule has 33 heavy (non-hydrogen) atoms. The van der Waals surface area contributed by atoms with Gasteiger partial charge in [-0.2, -0.15) is 5.26 Å². The molecule has 0 spiro atoms. The van der Waals surface area contributed by atoms with E-state index in [1.807, 2.05) is 12.1 Å². The number of carbonyl (C=O) groups excluding carboxylic acids is 1. The molecule has 4 aliphatic carbocycles. The number of nitrogens with one attached hydrogen (secondary N) is 1. The quantitative estimate of drug-likeness (QED) is 0.687. The highest BCUT2D eigenvalue weighted by Crippen LogP contribution is 2.66. The van der Waals surface area contributed by atoms with Crippen LogP contribution in [0.3, 0.4) is 0 Å². The smallest absolute Gasteiger partial charge is 0.238 e. The van der Waals surface area contributed by atoms with Crippen LogP contribution < -0.4 is 9.62 Å². The van der Waals surface area contributed by atoms with Gasteiger partial charge in [-0.05, 0) is 73.5 Å². The fourth-order valence-electron chi connectivity index (χ4n) is 7.58. The molecule has 2 saturated heterocycles. The lowest BCUT2D eigenvalue weighted by atomic mass is 9.65. The van der Waals surface area contributed by atoms with Gasteiger partial charge in [0.15, 0.2) is 0 Å². The van der Waals surface area contributed by atoms with Gasteiger partial charge in [0, 0.05) is 17.8 Å². The number of sulfonamides is 1. The van der Waals surface area contributed by atoms with E-state index < -0.39 is 10.0 Å². The first kappa shape index (κ1) is 21.8. The predicted octanol–water partition coefficient (Wildman–Crippen LogP) is 2.44. The molecule has 4 unspecified atom stereocenters. The summed E-state index contributed by atoms with van der Waals surface area (Å²) in [5.41, 5.74) is 2.21. The summed E-state index contributed by atoms with van der Waals surface area (Å²) in [6.07, 6.45) is 6.40. The number of nitrogens with zero attached hydrogens (tertiary/aromatic N) is 3. The molecule has 7 rings (SSSR count). The van der Waals surface area contributed by atoms with Gasteiger partial charge in [-0.3, -0.25) is 9.10 Å². The zero-order chi connectivity index (χ0) is 22.8. The van der Waals surface area contributed by atoms with Gasteiger partial charge in [0.25, 0.3) is 0 Å². The minimum Gasteiger partial charge on any atom is -0.315 e. The average molecular weight is 487 g/mol. The van der Waals surface area contributed by atoms with Gasteiger partial charge in [-0.15, -0.1) is 11.8 Å². The maximum absolute atomic E-state index is 12.9. The lowest BCUT2D eigenvalue weighted by Crippen LogP contribution is -2.52. The largest absolute Gasteiger partial charge is 0.315 e. The number of hydrogen-bond acceptors (Lipinski definition) is 6. The Morgan fingerprint density at radius 3 is 2.79 bits per heavy atom. The Hall–Kier alpha value is -1.76. The molecule has 7 nitrogen and oxygen atoms in total. The van der Waals surface area contributed by atoms with Gasteiger partial charge in [0.2, 0.25) is 15.9 Å². The molecule has 9 heteroatoms. The Kier molecular flexibility index (Phi) is 5.02. The molecule has 0 aromatic heterocycles. The number of rotatable bonds is 5. The molecule has 176 valence electrons. The summed E-state index contributed by atoms with van der Waals surface area (Å²) < 4.78 is 26.1.